The zero-order chi connectivity index (χ0) is 20.0. The van der Waals surface area contributed by atoms with Crippen LogP contribution < -0.4 is 16.0 Å². The number of hydrogen-bond acceptors (Lipinski definition) is 8. The SMILES string of the molecule is Nc1ccc2c(c1)SNC(c1c(O)c(-c3cccs3)nn(CC3CCC3)c1=O)=N2. The van der Waals surface area contributed by atoms with Gasteiger partial charge in [-0.2, -0.15) is 5.10 Å². The Morgan fingerprint density at radius 1 is 1.31 bits per heavy atom. The van der Waals surface area contributed by atoms with Crippen molar-refractivity contribution in [1.82, 2.24) is 14.5 Å². The Kier molecular flexibility index (Phi) is 4.56. The highest BCUT2D eigenvalue weighted by molar-refractivity contribution is 7.98. The highest BCUT2D eigenvalue weighted by Gasteiger charge is 2.27. The van der Waals surface area contributed by atoms with E-state index in [0.29, 0.717) is 35.4 Å². The third kappa shape index (κ3) is 3.30. The monoisotopic (exact) mass is 425 g/mol. The molecule has 148 valence electrons. The van der Waals surface area contributed by atoms with Gasteiger partial charge in [0.25, 0.3) is 5.56 Å². The predicted octanol–water partition coefficient (Wildman–Crippen LogP) is 3.75. The Bertz CT molecular complexity index is 1170. The number of nitrogens with zero attached hydrogens (tertiary/aromatic N) is 3. The highest BCUT2D eigenvalue weighted by atomic mass is 32.2. The van der Waals surface area contributed by atoms with E-state index in [9.17, 15) is 9.90 Å². The van der Waals surface area contributed by atoms with E-state index in [-0.39, 0.29) is 16.9 Å². The third-order valence-electron chi connectivity index (χ3n) is 5.25. The van der Waals surface area contributed by atoms with Gasteiger partial charge in [-0.1, -0.05) is 12.5 Å². The molecule has 0 saturated heterocycles. The van der Waals surface area contributed by atoms with Crippen molar-refractivity contribution in [3.05, 3.63) is 51.6 Å². The molecule has 1 aliphatic heterocycles. The smallest absolute Gasteiger partial charge is 0.281 e. The van der Waals surface area contributed by atoms with Crippen molar-refractivity contribution in [2.24, 2.45) is 10.9 Å². The molecule has 1 saturated carbocycles. The number of rotatable bonds is 4. The molecule has 1 aromatic carbocycles. The maximum absolute atomic E-state index is 13.2. The standard InChI is InChI=1S/C20H19N5O2S2/c21-12-6-7-13-15(9-12)29-24-19(22-13)16-18(26)17(14-5-2-8-28-14)23-25(20(16)27)10-11-3-1-4-11/h2,5-9,11,26H,1,3-4,10,21H2,(H,22,24). The fourth-order valence-corrected chi connectivity index (χ4v) is 4.93. The van der Waals surface area contributed by atoms with E-state index in [1.807, 2.05) is 29.6 Å². The summed E-state index contributed by atoms with van der Waals surface area (Å²) in [6, 6.07) is 9.19. The molecule has 1 fully saturated rings. The topological polar surface area (TPSA) is 106 Å². The van der Waals surface area contributed by atoms with Crippen molar-refractivity contribution in [3.63, 3.8) is 0 Å². The number of aromatic hydroxyl groups is 1. The molecule has 0 radical (unpaired) electrons. The average Bonchev–Trinajstić information content (AvgIpc) is 3.20. The van der Waals surface area contributed by atoms with Crippen molar-refractivity contribution in [2.45, 2.75) is 30.7 Å². The lowest BCUT2D eigenvalue weighted by atomic mass is 9.85. The number of aliphatic imine (C=N–C) groups is 1. The van der Waals surface area contributed by atoms with Crippen LogP contribution in [0.5, 0.6) is 5.75 Å². The minimum absolute atomic E-state index is 0.145. The first-order chi connectivity index (χ1) is 14.1. The zero-order valence-corrected chi connectivity index (χ0v) is 17.1. The van der Waals surface area contributed by atoms with Gasteiger partial charge in [0.05, 0.1) is 15.5 Å². The van der Waals surface area contributed by atoms with Crippen molar-refractivity contribution in [3.8, 4) is 16.3 Å². The van der Waals surface area contributed by atoms with E-state index in [1.54, 1.807) is 6.07 Å². The summed E-state index contributed by atoms with van der Waals surface area (Å²) in [7, 11) is 0. The Morgan fingerprint density at radius 3 is 2.90 bits per heavy atom. The van der Waals surface area contributed by atoms with Gasteiger partial charge in [0.15, 0.2) is 11.6 Å². The fraction of sp³-hybridized carbons (Fsp3) is 0.250. The van der Waals surface area contributed by atoms with E-state index in [1.165, 1.54) is 34.4 Å². The van der Waals surface area contributed by atoms with Crippen LogP contribution in [-0.4, -0.2) is 20.7 Å². The van der Waals surface area contributed by atoms with E-state index in [2.05, 4.69) is 14.8 Å². The van der Waals surface area contributed by atoms with Gasteiger partial charge in [-0.05, 0) is 60.4 Å². The fourth-order valence-electron chi connectivity index (χ4n) is 3.46. The molecule has 2 aromatic heterocycles. The predicted molar refractivity (Wildman–Crippen MR) is 117 cm³/mol. The summed E-state index contributed by atoms with van der Waals surface area (Å²) in [5.74, 6) is 0.637. The summed E-state index contributed by atoms with van der Waals surface area (Å²) in [5, 5.41) is 17.4. The molecule has 9 heteroatoms. The molecule has 4 N–H and O–H groups in total. The normalized spacial score (nSPS) is 15.9. The van der Waals surface area contributed by atoms with Crippen LogP contribution in [0.15, 0.2) is 50.4 Å². The van der Waals surface area contributed by atoms with E-state index in [4.69, 9.17) is 5.73 Å². The summed E-state index contributed by atoms with van der Waals surface area (Å²) in [6.45, 7) is 0.554. The van der Waals surface area contributed by atoms with E-state index >= 15 is 0 Å². The minimum Gasteiger partial charge on any atom is -0.505 e. The summed E-state index contributed by atoms with van der Waals surface area (Å²) in [6.07, 6.45) is 3.39. The number of fused-ring (bicyclic) bond motifs is 1. The molecule has 0 amide bonds. The molecule has 0 atom stereocenters. The number of hydrogen-bond donors (Lipinski definition) is 3. The lowest BCUT2D eigenvalue weighted by Crippen LogP contribution is -2.36. The molecule has 5 rings (SSSR count). The molecule has 3 heterocycles. The molecule has 3 aromatic rings. The molecule has 29 heavy (non-hydrogen) atoms. The van der Waals surface area contributed by atoms with Crippen LogP contribution in [0.25, 0.3) is 10.6 Å². The molecular formula is C20H19N5O2S2. The van der Waals surface area contributed by atoms with Crippen LogP contribution in [-0.2, 0) is 6.54 Å². The van der Waals surface area contributed by atoms with Crippen molar-refractivity contribution >= 4 is 40.5 Å². The first-order valence-electron chi connectivity index (χ1n) is 9.39. The lowest BCUT2D eigenvalue weighted by molar-refractivity contribution is 0.261. The number of benzene rings is 1. The second-order valence-corrected chi connectivity index (χ2v) is 9.02. The second-order valence-electron chi connectivity index (χ2n) is 7.23. The van der Waals surface area contributed by atoms with E-state index < -0.39 is 0 Å². The van der Waals surface area contributed by atoms with Crippen LogP contribution in [0, 0.1) is 5.92 Å². The molecule has 2 aliphatic rings. The van der Waals surface area contributed by atoms with Crippen LogP contribution in [0.3, 0.4) is 0 Å². The number of nitrogen functional groups attached to an aromatic ring is 1. The number of aromatic nitrogens is 2. The quantitative estimate of drug-likeness (QED) is 0.434. The molecule has 0 spiro atoms. The molecule has 7 nitrogen and oxygen atoms in total. The van der Waals surface area contributed by atoms with Crippen LogP contribution in [0.1, 0.15) is 24.8 Å². The molecule has 1 aliphatic carbocycles. The van der Waals surface area contributed by atoms with Gasteiger partial charge < -0.3 is 15.6 Å². The molecule has 0 bridgehead atoms. The average molecular weight is 426 g/mol. The van der Waals surface area contributed by atoms with Crippen LogP contribution >= 0.6 is 23.3 Å². The van der Waals surface area contributed by atoms with Gasteiger partial charge in [-0.25, -0.2) is 9.67 Å². The van der Waals surface area contributed by atoms with Gasteiger partial charge in [-0.15, -0.1) is 11.3 Å². The Morgan fingerprint density at radius 2 is 2.17 bits per heavy atom. The zero-order valence-electron chi connectivity index (χ0n) is 15.5. The van der Waals surface area contributed by atoms with Crippen LogP contribution in [0.4, 0.5) is 11.4 Å². The number of amidine groups is 1. The maximum Gasteiger partial charge on any atom is 0.281 e. The molecule has 0 unspecified atom stereocenters. The largest absolute Gasteiger partial charge is 0.505 e. The Balaban J connectivity index is 1.67. The van der Waals surface area contributed by atoms with Gasteiger partial charge in [0, 0.05) is 12.2 Å². The van der Waals surface area contributed by atoms with Crippen LogP contribution in [0.2, 0.25) is 0 Å². The number of anilines is 1. The summed E-state index contributed by atoms with van der Waals surface area (Å²) < 4.78 is 4.58. The van der Waals surface area contributed by atoms with Gasteiger partial charge in [0.1, 0.15) is 11.3 Å². The van der Waals surface area contributed by atoms with Crippen molar-refractivity contribution in [2.75, 3.05) is 5.73 Å². The Hall–Kier alpha value is -2.78. The Labute approximate surface area is 175 Å². The third-order valence-corrected chi connectivity index (χ3v) is 6.97. The lowest BCUT2D eigenvalue weighted by Gasteiger charge is -2.26. The first-order valence-corrected chi connectivity index (χ1v) is 11.1. The van der Waals surface area contributed by atoms with Gasteiger partial charge in [-0.3, -0.25) is 4.79 Å². The van der Waals surface area contributed by atoms with Crippen molar-refractivity contribution < 1.29 is 5.11 Å². The summed E-state index contributed by atoms with van der Waals surface area (Å²) in [4.78, 5) is 19.5. The number of nitrogens with two attached hydrogens (primary N) is 1. The number of nitrogens with one attached hydrogen (secondary N) is 1. The summed E-state index contributed by atoms with van der Waals surface area (Å²) in [5.41, 5.74) is 7.42. The second kappa shape index (κ2) is 7.23. The highest BCUT2D eigenvalue weighted by Crippen LogP contribution is 2.37. The van der Waals surface area contributed by atoms with E-state index in [0.717, 1.165) is 22.6 Å². The van der Waals surface area contributed by atoms with Gasteiger partial charge in [0.2, 0.25) is 0 Å². The number of thiophene rings is 1. The van der Waals surface area contributed by atoms with Crippen molar-refractivity contribution in [1.29, 1.82) is 0 Å². The van der Waals surface area contributed by atoms with Gasteiger partial charge >= 0.3 is 0 Å². The molecular weight excluding hydrogens is 406 g/mol. The minimum atomic E-state index is -0.333. The summed E-state index contributed by atoms with van der Waals surface area (Å²) >= 11 is 2.80. The maximum atomic E-state index is 13.2. The first kappa shape index (κ1) is 18.3.